The predicted octanol–water partition coefficient (Wildman–Crippen LogP) is 2.82. The minimum absolute atomic E-state index is 0.158. The van der Waals surface area contributed by atoms with Gasteiger partial charge in [-0.3, -0.25) is 4.90 Å². The molecular formula is C22H22FN3O5. The van der Waals surface area contributed by atoms with Crippen LogP contribution in [0.15, 0.2) is 36.4 Å². The zero-order valence-electron chi connectivity index (χ0n) is 17.0. The molecule has 162 valence electrons. The monoisotopic (exact) mass is 427 g/mol. The molecule has 1 N–H and O–H groups in total. The van der Waals surface area contributed by atoms with Gasteiger partial charge in [0.15, 0.2) is 11.5 Å². The van der Waals surface area contributed by atoms with Gasteiger partial charge < -0.3 is 23.9 Å². The fourth-order valence-electron chi connectivity index (χ4n) is 3.95. The number of carbonyl (C=O) groups excluding carboxylic acids is 1. The molecule has 0 radical (unpaired) electrons. The summed E-state index contributed by atoms with van der Waals surface area (Å²) in [6.07, 6.45) is -1.61. The van der Waals surface area contributed by atoms with Crippen LogP contribution in [0.5, 0.6) is 11.5 Å². The number of aromatic amines is 1. The van der Waals surface area contributed by atoms with Crippen LogP contribution in [0.25, 0.3) is 11.0 Å². The molecule has 2 atom stereocenters. The summed E-state index contributed by atoms with van der Waals surface area (Å²) in [4.78, 5) is 21.3. The van der Waals surface area contributed by atoms with E-state index < -0.39 is 18.2 Å². The van der Waals surface area contributed by atoms with E-state index in [0.717, 1.165) is 17.1 Å². The van der Waals surface area contributed by atoms with Gasteiger partial charge in [0, 0.05) is 19.6 Å². The molecule has 2 aliphatic rings. The van der Waals surface area contributed by atoms with E-state index in [-0.39, 0.29) is 13.4 Å². The molecule has 31 heavy (non-hydrogen) atoms. The summed E-state index contributed by atoms with van der Waals surface area (Å²) >= 11 is 0. The Morgan fingerprint density at radius 3 is 2.97 bits per heavy atom. The first-order chi connectivity index (χ1) is 15.1. The minimum atomic E-state index is -1.08. The van der Waals surface area contributed by atoms with Gasteiger partial charge in [0.25, 0.3) is 0 Å². The standard InChI is InChI=1S/C22H22FN3O5/c1-28-22(27)14-3-4-16-17(7-14)25-21(24-16)11-29-20-10-26(9-15(20)23)8-13-2-5-18-19(6-13)31-12-30-18/h2-7,15,20H,8-12H2,1H3,(H,24,25). The molecular weight excluding hydrogens is 405 g/mol. The minimum Gasteiger partial charge on any atom is -0.465 e. The van der Waals surface area contributed by atoms with Crippen LogP contribution in [0.2, 0.25) is 0 Å². The molecule has 2 unspecified atom stereocenters. The average molecular weight is 427 g/mol. The fourth-order valence-corrected chi connectivity index (χ4v) is 3.95. The molecule has 1 fully saturated rings. The molecule has 9 heteroatoms. The van der Waals surface area contributed by atoms with Crippen molar-refractivity contribution in [2.24, 2.45) is 0 Å². The molecule has 5 rings (SSSR count). The first-order valence-electron chi connectivity index (χ1n) is 10.0. The van der Waals surface area contributed by atoms with E-state index in [2.05, 4.69) is 9.97 Å². The molecule has 0 bridgehead atoms. The van der Waals surface area contributed by atoms with Crippen LogP contribution < -0.4 is 9.47 Å². The van der Waals surface area contributed by atoms with E-state index in [1.165, 1.54) is 7.11 Å². The summed E-state index contributed by atoms with van der Waals surface area (Å²) in [6.45, 7) is 1.80. The number of methoxy groups -OCH3 is 1. The topological polar surface area (TPSA) is 85.9 Å². The number of benzene rings is 2. The molecule has 0 amide bonds. The molecule has 1 saturated heterocycles. The number of hydrogen-bond donors (Lipinski definition) is 1. The number of halogens is 1. The number of ether oxygens (including phenoxy) is 4. The zero-order chi connectivity index (χ0) is 21.4. The molecule has 8 nitrogen and oxygen atoms in total. The normalized spacial score (nSPS) is 20.5. The maximum atomic E-state index is 14.6. The van der Waals surface area contributed by atoms with Crippen LogP contribution in [0, 0.1) is 0 Å². The van der Waals surface area contributed by atoms with Crippen molar-refractivity contribution in [3.63, 3.8) is 0 Å². The van der Waals surface area contributed by atoms with Crippen LogP contribution in [-0.2, 0) is 22.6 Å². The van der Waals surface area contributed by atoms with Gasteiger partial charge >= 0.3 is 5.97 Å². The van der Waals surface area contributed by atoms with Crippen molar-refractivity contribution < 1.29 is 28.1 Å². The van der Waals surface area contributed by atoms with Crippen LogP contribution >= 0.6 is 0 Å². The number of likely N-dealkylation sites (tertiary alicyclic amines) is 1. The van der Waals surface area contributed by atoms with Crippen LogP contribution in [-0.4, -0.2) is 60.1 Å². The van der Waals surface area contributed by atoms with E-state index >= 15 is 0 Å². The smallest absolute Gasteiger partial charge is 0.337 e. The van der Waals surface area contributed by atoms with Gasteiger partial charge in [-0.05, 0) is 35.9 Å². The largest absolute Gasteiger partial charge is 0.465 e. The van der Waals surface area contributed by atoms with Gasteiger partial charge in [-0.1, -0.05) is 6.07 Å². The lowest BCUT2D eigenvalue weighted by Gasteiger charge is -2.16. The third kappa shape index (κ3) is 4.06. The average Bonchev–Trinajstić information content (AvgIpc) is 3.48. The number of aromatic nitrogens is 2. The SMILES string of the molecule is COC(=O)c1ccc2nc(COC3CN(Cc4ccc5c(c4)OCO5)CC3F)[nH]c2c1. The lowest BCUT2D eigenvalue weighted by atomic mass is 10.2. The molecule has 3 heterocycles. The highest BCUT2D eigenvalue weighted by molar-refractivity contribution is 5.93. The molecule has 1 aromatic heterocycles. The van der Waals surface area contributed by atoms with E-state index in [4.69, 9.17) is 18.9 Å². The van der Waals surface area contributed by atoms with E-state index in [9.17, 15) is 9.18 Å². The number of imidazole rings is 1. The van der Waals surface area contributed by atoms with Crippen LogP contribution in [0.1, 0.15) is 21.7 Å². The number of rotatable bonds is 6. The summed E-state index contributed by atoms with van der Waals surface area (Å²) in [7, 11) is 1.34. The summed E-state index contributed by atoms with van der Waals surface area (Å²) in [5.41, 5.74) is 2.88. The van der Waals surface area contributed by atoms with Crippen molar-refractivity contribution in [3.05, 3.63) is 53.3 Å². The Balaban J connectivity index is 1.19. The Morgan fingerprint density at radius 1 is 1.23 bits per heavy atom. The van der Waals surface area contributed by atoms with Gasteiger partial charge in [0.1, 0.15) is 24.7 Å². The lowest BCUT2D eigenvalue weighted by molar-refractivity contribution is 0.00863. The highest BCUT2D eigenvalue weighted by Crippen LogP contribution is 2.33. The number of H-pyrrole nitrogens is 1. The molecule has 3 aromatic rings. The Labute approximate surface area is 177 Å². The predicted molar refractivity (Wildman–Crippen MR) is 109 cm³/mol. The quantitative estimate of drug-likeness (QED) is 0.606. The zero-order valence-corrected chi connectivity index (χ0v) is 17.0. The lowest BCUT2D eigenvalue weighted by Crippen LogP contribution is -2.24. The van der Waals surface area contributed by atoms with Crippen molar-refractivity contribution in [1.82, 2.24) is 14.9 Å². The Morgan fingerprint density at radius 2 is 2.10 bits per heavy atom. The number of fused-ring (bicyclic) bond motifs is 2. The first kappa shape index (κ1) is 19.8. The fraction of sp³-hybridized carbons (Fsp3) is 0.364. The summed E-state index contributed by atoms with van der Waals surface area (Å²) in [5.74, 6) is 1.63. The first-order valence-corrected chi connectivity index (χ1v) is 10.0. The number of alkyl halides is 1. The molecule has 0 saturated carbocycles. The molecule has 0 spiro atoms. The summed E-state index contributed by atoms with van der Waals surface area (Å²) in [6, 6.07) is 10.8. The highest BCUT2D eigenvalue weighted by atomic mass is 19.1. The van der Waals surface area contributed by atoms with Crippen molar-refractivity contribution in [3.8, 4) is 11.5 Å². The van der Waals surface area contributed by atoms with Gasteiger partial charge in [0.2, 0.25) is 6.79 Å². The highest BCUT2D eigenvalue weighted by Gasteiger charge is 2.34. The number of nitrogens with one attached hydrogen (secondary N) is 1. The second-order valence-corrected chi connectivity index (χ2v) is 7.65. The van der Waals surface area contributed by atoms with Crippen molar-refractivity contribution >= 4 is 17.0 Å². The van der Waals surface area contributed by atoms with E-state index in [0.29, 0.717) is 42.1 Å². The summed E-state index contributed by atoms with van der Waals surface area (Å²) in [5, 5.41) is 0. The molecule has 2 aliphatic heterocycles. The summed E-state index contributed by atoms with van der Waals surface area (Å²) < 4.78 is 35.9. The third-order valence-corrected chi connectivity index (χ3v) is 5.50. The van der Waals surface area contributed by atoms with Crippen molar-refractivity contribution in [2.45, 2.75) is 25.4 Å². The van der Waals surface area contributed by atoms with Crippen LogP contribution in [0.4, 0.5) is 4.39 Å². The number of hydrogen-bond acceptors (Lipinski definition) is 7. The van der Waals surface area contributed by atoms with Gasteiger partial charge in [-0.25, -0.2) is 14.2 Å². The van der Waals surface area contributed by atoms with Gasteiger partial charge in [-0.15, -0.1) is 0 Å². The third-order valence-electron chi connectivity index (χ3n) is 5.50. The number of nitrogens with zero attached hydrogens (tertiary/aromatic N) is 2. The maximum absolute atomic E-state index is 14.6. The number of carbonyl (C=O) groups is 1. The molecule has 2 aromatic carbocycles. The second kappa shape index (κ2) is 8.16. The molecule has 0 aliphatic carbocycles. The van der Waals surface area contributed by atoms with Crippen molar-refractivity contribution in [1.29, 1.82) is 0 Å². The number of esters is 1. The maximum Gasteiger partial charge on any atom is 0.337 e. The van der Waals surface area contributed by atoms with Gasteiger partial charge in [-0.2, -0.15) is 0 Å². The van der Waals surface area contributed by atoms with Crippen LogP contribution in [0.3, 0.4) is 0 Å². The Kier molecular flexibility index (Phi) is 5.21. The van der Waals surface area contributed by atoms with Crippen molar-refractivity contribution in [2.75, 3.05) is 27.0 Å². The second-order valence-electron chi connectivity index (χ2n) is 7.65. The van der Waals surface area contributed by atoms with E-state index in [1.807, 2.05) is 23.1 Å². The Hall–Kier alpha value is -3.17. The van der Waals surface area contributed by atoms with E-state index in [1.54, 1.807) is 18.2 Å². The Bertz CT molecular complexity index is 1120. The van der Waals surface area contributed by atoms with Gasteiger partial charge in [0.05, 0.1) is 23.7 Å².